The van der Waals surface area contributed by atoms with E-state index in [0.29, 0.717) is 5.02 Å². The van der Waals surface area contributed by atoms with Crippen LogP contribution in [0.1, 0.15) is 18.7 Å². The summed E-state index contributed by atoms with van der Waals surface area (Å²) in [5, 5.41) is 18.3. The van der Waals surface area contributed by atoms with E-state index in [2.05, 4.69) is 10.3 Å². The van der Waals surface area contributed by atoms with Crippen molar-refractivity contribution < 1.29 is 5.11 Å². The molecule has 2 aromatic heterocycles. The lowest BCUT2D eigenvalue weighted by atomic mass is 10.0. The number of aromatic nitrogens is 4. The number of rotatable bonds is 3. The van der Waals surface area contributed by atoms with Crippen LogP contribution < -0.4 is 5.56 Å². The van der Waals surface area contributed by atoms with Crippen LogP contribution in [0.5, 0.6) is 0 Å². The van der Waals surface area contributed by atoms with Crippen molar-refractivity contribution in [2.24, 2.45) is 5.92 Å². The standard InChI is InChI=1S/C18H16Cl2N4O2/c1-10-4-13-5-11(6-18(26)24(13)16(10)9-25)14-7-12(19)2-3-15(14)23-8-17(20)21-22-23/h2-3,5-8,10,16,25H,4,9H2,1H3/t10-,16+/m0/s1. The summed E-state index contributed by atoms with van der Waals surface area (Å²) < 4.78 is 3.24. The van der Waals surface area contributed by atoms with Gasteiger partial charge >= 0.3 is 0 Å². The van der Waals surface area contributed by atoms with E-state index < -0.39 is 0 Å². The maximum Gasteiger partial charge on any atom is 0.251 e. The summed E-state index contributed by atoms with van der Waals surface area (Å²) in [6, 6.07) is 8.71. The number of nitrogens with zero attached hydrogens (tertiary/aromatic N) is 4. The Morgan fingerprint density at radius 1 is 1.27 bits per heavy atom. The number of halogens is 2. The molecule has 4 rings (SSSR count). The van der Waals surface area contributed by atoms with Crippen molar-refractivity contribution in [2.45, 2.75) is 19.4 Å². The van der Waals surface area contributed by atoms with E-state index in [-0.39, 0.29) is 29.3 Å². The average molecular weight is 391 g/mol. The molecular weight excluding hydrogens is 375 g/mol. The van der Waals surface area contributed by atoms with E-state index in [1.54, 1.807) is 33.6 Å². The molecule has 0 unspecified atom stereocenters. The minimum atomic E-state index is -0.181. The maximum atomic E-state index is 12.7. The highest BCUT2D eigenvalue weighted by Gasteiger charge is 2.30. The zero-order valence-electron chi connectivity index (χ0n) is 13.9. The fraction of sp³-hybridized carbons (Fsp3) is 0.278. The summed E-state index contributed by atoms with van der Waals surface area (Å²) >= 11 is 12.1. The van der Waals surface area contributed by atoms with Gasteiger partial charge in [-0.3, -0.25) is 4.79 Å². The van der Waals surface area contributed by atoms with E-state index in [4.69, 9.17) is 23.2 Å². The molecule has 1 aliphatic rings. The molecule has 2 atom stereocenters. The lowest BCUT2D eigenvalue weighted by Crippen LogP contribution is -2.26. The van der Waals surface area contributed by atoms with Crippen LogP contribution in [-0.4, -0.2) is 31.3 Å². The van der Waals surface area contributed by atoms with Gasteiger partial charge in [0.2, 0.25) is 0 Å². The zero-order chi connectivity index (χ0) is 18.4. The monoisotopic (exact) mass is 390 g/mol. The molecule has 1 aliphatic heterocycles. The quantitative estimate of drug-likeness (QED) is 0.745. The van der Waals surface area contributed by atoms with Crippen LogP contribution in [0.4, 0.5) is 0 Å². The summed E-state index contributed by atoms with van der Waals surface area (Å²) in [6.45, 7) is 1.99. The molecule has 134 valence electrons. The Hall–Kier alpha value is -2.15. The Labute approximate surface area is 159 Å². The third-order valence-electron chi connectivity index (χ3n) is 4.84. The van der Waals surface area contributed by atoms with E-state index in [0.717, 1.165) is 28.9 Å². The Morgan fingerprint density at radius 2 is 2.08 bits per heavy atom. The SMILES string of the molecule is C[C@H]1Cc2cc(-c3cc(Cl)ccc3-n3cc(Cl)nn3)cc(=O)n2[C@@H]1CO. The first-order chi connectivity index (χ1) is 12.5. The maximum absolute atomic E-state index is 12.7. The van der Waals surface area contributed by atoms with Crippen molar-refractivity contribution >= 4 is 23.2 Å². The minimum Gasteiger partial charge on any atom is -0.394 e. The van der Waals surface area contributed by atoms with Crippen LogP contribution in [0, 0.1) is 5.92 Å². The number of pyridine rings is 1. The van der Waals surface area contributed by atoms with E-state index in [9.17, 15) is 9.90 Å². The van der Waals surface area contributed by atoms with Gasteiger partial charge < -0.3 is 9.67 Å². The van der Waals surface area contributed by atoms with Crippen molar-refractivity contribution in [1.29, 1.82) is 0 Å². The first kappa shape index (κ1) is 17.3. The first-order valence-corrected chi connectivity index (χ1v) is 8.98. The predicted octanol–water partition coefficient (Wildman–Crippen LogP) is 3.13. The van der Waals surface area contributed by atoms with Crippen LogP contribution in [-0.2, 0) is 6.42 Å². The Morgan fingerprint density at radius 3 is 2.77 bits per heavy atom. The van der Waals surface area contributed by atoms with Crippen molar-refractivity contribution in [1.82, 2.24) is 19.6 Å². The Balaban J connectivity index is 1.90. The normalized spacial score (nSPS) is 18.9. The van der Waals surface area contributed by atoms with Gasteiger partial charge in [0.25, 0.3) is 5.56 Å². The molecule has 8 heteroatoms. The van der Waals surface area contributed by atoms with Gasteiger partial charge in [-0.2, -0.15) is 0 Å². The topological polar surface area (TPSA) is 72.9 Å². The highest BCUT2D eigenvalue weighted by Crippen LogP contribution is 2.34. The average Bonchev–Trinajstić information content (AvgIpc) is 3.17. The molecule has 0 saturated carbocycles. The molecule has 1 N–H and O–H groups in total. The van der Waals surface area contributed by atoms with Gasteiger partial charge in [0.15, 0.2) is 5.15 Å². The van der Waals surface area contributed by atoms with E-state index in [1.165, 1.54) is 0 Å². The van der Waals surface area contributed by atoms with Gasteiger partial charge in [-0.1, -0.05) is 35.3 Å². The number of aliphatic hydroxyl groups excluding tert-OH is 1. The first-order valence-electron chi connectivity index (χ1n) is 8.22. The number of hydrogen-bond acceptors (Lipinski definition) is 4. The van der Waals surface area contributed by atoms with Crippen LogP contribution in [0.15, 0.2) is 41.3 Å². The molecule has 0 radical (unpaired) electrons. The Kier molecular flexibility index (Phi) is 4.34. The number of benzene rings is 1. The summed E-state index contributed by atoms with van der Waals surface area (Å²) in [5.74, 6) is 0.205. The summed E-state index contributed by atoms with van der Waals surface area (Å²) in [4.78, 5) is 12.7. The largest absolute Gasteiger partial charge is 0.394 e. The number of fused-ring (bicyclic) bond motifs is 1. The molecule has 6 nitrogen and oxygen atoms in total. The molecule has 3 heterocycles. The molecule has 3 aromatic rings. The highest BCUT2D eigenvalue weighted by molar-refractivity contribution is 6.31. The summed E-state index contributed by atoms with van der Waals surface area (Å²) in [5.41, 5.74) is 3.00. The third-order valence-corrected chi connectivity index (χ3v) is 5.24. The summed E-state index contributed by atoms with van der Waals surface area (Å²) in [6.07, 6.45) is 2.33. The molecular formula is C18H16Cl2N4O2. The highest BCUT2D eigenvalue weighted by atomic mass is 35.5. The van der Waals surface area contributed by atoms with Crippen LogP contribution in [0.25, 0.3) is 16.8 Å². The minimum absolute atomic E-state index is 0.0483. The lowest BCUT2D eigenvalue weighted by Gasteiger charge is -2.16. The van der Waals surface area contributed by atoms with Crippen molar-refractivity contribution in [3.63, 3.8) is 0 Å². The second-order valence-electron chi connectivity index (χ2n) is 6.52. The molecule has 0 aliphatic carbocycles. The fourth-order valence-electron chi connectivity index (χ4n) is 3.61. The fourth-order valence-corrected chi connectivity index (χ4v) is 3.90. The molecule has 0 fully saturated rings. The molecule has 0 amide bonds. The molecule has 0 spiro atoms. The molecule has 26 heavy (non-hydrogen) atoms. The molecule has 0 bridgehead atoms. The van der Waals surface area contributed by atoms with Gasteiger partial charge in [-0.15, -0.1) is 5.10 Å². The molecule has 1 aromatic carbocycles. The number of hydrogen-bond donors (Lipinski definition) is 1. The van der Waals surface area contributed by atoms with Crippen molar-refractivity contribution in [2.75, 3.05) is 6.61 Å². The lowest BCUT2D eigenvalue weighted by molar-refractivity contribution is 0.202. The van der Waals surface area contributed by atoms with E-state index >= 15 is 0 Å². The zero-order valence-corrected chi connectivity index (χ0v) is 15.4. The second kappa shape index (κ2) is 6.54. The van der Waals surface area contributed by atoms with Crippen LogP contribution >= 0.6 is 23.2 Å². The third kappa shape index (κ3) is 2.84. The molecule has 0 saturated heterocycles. The van der Waals surface area contributed by atoms with Gasteiger partial charge in [0.1, 0.15) is 0 Å². The van der Waals surface area contributed by atoms with Gasteiger partial charge in [0.05, 0.1) is 24.5 Å². The predicted molar refractivity (Wildman–Crippen MR) is 100 cm³/mol. The van der Waals surface area contributed by atoms with Gasteiger partial charge in [-0.05, 0) is 42.2 Å². The van der Waals surface area contributed by atoms with Crippen LogP contribution in [0.2, 0.25) is 10.2 Å². The van der Waals surface area contributed by atoms with Crippen molar-refractivity contribution in [3.05, 3.63) is 62.8 Å². The second-order valence-corrected chi connectivity index (χ2v) is 7.35. The smallest absolute Gasteiger partial charge is 0.251 e. The van der Waals surface area contributed by atoms with Gasteiger partial charge in [-0.25, -0.2) is 4.68 Å². The van der Waals surface area contributed by atoms with Gasteiger partial charge in [0, 0.05) is 22.3 Å². The summed E-state index contributed by atoms with van der Waals surface area (Å²) in [7, 11) is 0. The number of aliphatic hydroxyl groups is 1. The van der Waals surface area contributed by atoms with E-state index in [1.807, 2.05) is 19.1 Å². The van der Waals surface area contributed by atoms with Crippen molar-refractivity contribution in [3.8, 4) is 16.8 Å². The van der Waals surface area contributed by atoms with Crippen LogP contribution in [0.3, 0.4) is 0 Å². The Bertz CT molecular complexity index is 1040.